The highest BCUT2D eigenvalue weighted by Crippen LogP contribution is 2.01. The quantitative estimate of drug-likeness (QED) is 0.633. The summed E-state index contributed by atoms with van der Waals surface area (Å²) < 4.78 is 0. The Morgan fingerprint density at radius 1 is 1.73 bits per heavy atom. The molecular weight excluding hydrogens is 140 g/mol. The van der Waals surface area contributed by atoms with E-state index >= 15 is 0 Å². The summed E-state index contributed by atoms with van der Waals surface area (Å²) in [7, 11) is 0. The third-order valence-corrected chi connectivity index (χ3v) is 1.65. The highest BCUT2D eigenvalue weighted by molar-refractivity contribution is 5.93. The van der Waals surface area contributed by atoms with Crippen molar-refractivity contribution in [3.63, 3.8) is 0 Å². The SMILES string of the molecule is C/C=C\C1=NCCN1CCO. The molecule has 3 heteroatoms. The minimum Gasteiger partial charge on any atom is -0.395 e. The Morgan fingerprint density at radius 2 is 2.55 bits per heavy atom. The highest BCUT2D eigenvalue weighted by Gasteiger charge is 2.12. The molecule has 0 fully saturated rings. The van der Waals surface area contributed by atoms with Crippen LogP contribution in [-0.4, -0.2) is 42.1 Å². The Bertz CT molecular complexity index is 175. The summed E-state index contributed by atoms with van der Waals surface area (Å²) in [6, 6.07) is 0. The molecular formula is C8H14N2O. The Labute approximate surface area is 67.0 Å². The van der Waals surface area contributed by atoms with Crippen molar-refractivity contribution in [2.24, 2.45) is 4.99 Å². The van der Waals surface area contributed by atoms with Crippen LogP contribution in [0.25, 0.3) is 0 Å². The molecule has 1 N–H and O–H groups in total. The predicted molar refractivity (Wildman–Crippen MR) is 45.8 cm³/mol. The van der Waals surface area contributed by atoms with Crippen molar-refractivity contribution in [3.8, 4) is 0 Å². The van der Waals surface area contributed by atoms with Gasteiger partial charge < -0.3 is 10.0 Å². The summed E-state index contributed by atoms with van der Waals surface area (Å²) in [5, 5.41) is 8.69. The largest absolute Gasteiger partial charge is 0.395 e. The highest BCUT2D eigenvalue weighted by atomic mass is 16.3. The first-order valence-corrected chi connectivity index (χ1v) is 3.91. The molecule has 0 amide bonds. The van der Waals surface area contributed by atoms with Crippen LogP contribution in [0.2, 0.25) is 0 Å². The Kier molecular flexibility index (Phi) is 3.11. The number of allylic oxidation sites excluding steroid dienone is 1. The van der Waals surface area contributed by atoms with E-state index in [2.05, 4.69) is 9.89 Å². The molecule has 0 aromatic carbocycles. The molecule has 0 radical (unpaired) electrons. The van der Waals surface area contributed by atoms with Gasteiger partial charge >= 0.3 is 0 Å². The van der Waals surface area contributed by atoms with Crippen LogP contribution in [-0.2, 0) is 0 Å². The van der Waals surface area contributed by atoms with E-state index in [1.807, 2.05) is 19.1 Å². The van der Waals surface area contributed by atoms with Crippen molar-refractivity contribution < 1.29 is 5.11 Å². The second-order valence-electron chi connectivity index (χ2n) is 2.45. The number of aliphatic imine (C=N–C) groups is 1. The monoisotopic (exact) mass is 154 g/mol. The molecule has 0 aromatic heterocycles. The van der Waals surface area contributed by atoms with Gasteiger partial charge in [0.15, 0.2) is 0 Å². The summed E-state index contributed by atoms with van der Waals surface area (Å²) >= 11 is 0. The molecule has 0 atom stereocenters. The van der Waals surface area contributed by atoms with E-state index in [4.69, 9.17) is 5.11 Å². The van der Waals surface area contributed by atoms with Gasteiger partial charge in [0.1, 0.15) is 5.84 Å². The van der Waals surface area contributed by atoms with Gasteiger partial charge in [0.2, 0.25) is 0 Å². The molecule has 0 spiro atoms. The van der Waals surface area contributed by atoms with Gasteiger partial charge in [-0.2, -0.15) is 0 Å². The summed E-state index contributed by atoms with van der Waals surface area (Å²) in [6.45, 7) is 4.68. The molecule has 0 bridgehead atoms. The fourth-order valence-corrected chi connectivity index (χ4v) is 1.15. The number of hydrogen-bond acceptors (Lipinski definition) is 3. The zero-order valence-electron chi connectivity index (χ0n) is 6.82. The van der Waals surface area contributed by atoms with Gasteiger partial charge in [0, 0.05) is 13.1 Å². The first-order valence-electron chi connectivity index (χ1n) is 3.91. The van der Waals surface area contributed by atoms with Crippen molar-refractivity contribution >= 4 is 5.84 Å². The molecule has 1 aliphatic heterocycles. The van der Waals surface area contributed by atoms with Gasteiger partial charge in [-0.1, -0.05) is 6.08 Å². The number of β-amino-alcohol motifs (C(OH)–C–C–N with tert-alkyl or cyclic N) is 1. The fraction of sp³-hybridized carbons (Fsp3) is 0.625. The maximum atomic E-state index is 8.69. The zero-order valence-corrected chi connectivity index (χ0v) is 6.82. The maximum Gasteiger partial charge on any atom is 0.123 e. The number of nitrogens with zero attached hydrogens (tertiary/aromatic N) is 2. The van der Waals surface area contributed by atoms with Crippen molar-refractivity contribution in [2.45, 2.75) is 6.92 Å². The first kappa shape index (κ1) is 8.27. The minimum atomic E-state index is 0.205. The Morgan fingerprint density at radius 3 is 3.18 bits per heavy atom. The lowest BCUT2D eigenvalue weighted by molar-refractivity contribution is 0.257. The van der Waals surface area contributed by atoms with Crippen LogP contribution in [0, 0.1) is 0 Å². The van der Waals surface area contributed by atoms with Crippen LogP contribution < -0.4 is 0 Å². The second kappa shape index (κ2) is 4.13. The van der Waals surface area contributed by atoms with Crippen LogP contribution in [0.4, 0.5) is 0 Å². The molecule has 0 saturated heterocycles. The predicted octanol–water partition coefficient (Wildman–Crippen LogP) is 0.269. The fourth-order valence-electron chi connectivity index (χ4n) is 1.15. The van der Waals surface area contributed by atoms with Gasteiger partial charge in [0.25, 0.3) is 0 Å². The van der Waals surface area contributed by atoms with Crippen LogP contribution in [0.15, 0.2) is 17.1 Å². The first-order chi connectivity index (χ1) is 5.38. The molecule has 0 saturated carbocycles. The summed E-state index contributed by atoms with van der Waals surface area (Å²) in [6.07, 6.45) is 3.94. The average Bonchev–Trinajstić information content (AvgIpc) is 2.39. The summed E-state index contributed by atoms with van der Waals surface area (Å²) in [5.74, 6) is 1.00. The van der Waals surface area contributed by atoms with Crippen LogP contribution >= 0.6 is 0 Å². The molecule has 0 aromatic rings. The standard InChI is InChI=1S/C8H14N2O/c1-2-3-8-9-4-5-10(8)6-7-11/h2-3,11H,4-7H2,1H3/b3-2-. The van der Waals surface area contributed by atoms with Crippen molar-refractivity contribution in [3.05, 3.63) is 12.2 Å². The molecule has 62 valence electrons. The number of aliphatic hydroxyl groups is 1. The van der Waals surface area contributed by atoms with Gasteiger partial charge in [-0.25, -0.2) is 0 Å². The van der Waals surface area contributed by atoms with Gasteiger partial charge in [-0.15, -0.1) is 0 Å². The maximum absolute atomic E-state index is 8.69. The number of rotatable bonds is 3. The third-order valence-electron chi connectivity index (χ3n) is 1.65. The number of aliphatic hydroxyl groups excluding tert-OH is 1. The molecule has 0 aliphatic carbocycles. The molecule has 1 aliphatic rings. The molecule has 11 heavy (non-hydrogen) atoms. The average molecular weight is 154 g/mol. The zero-order chi connectivity index (χ0) is 8.10. The van der Waals surface area contributed by atoms with E-state index < -0.39 is 0 Å². The van der Waals surface area contributed by atoms with E-state index in [1.54, 1.807) is 0 Å². The van der Waals surface area contributed by atoms with E-state index in [1.165, 1.54) is 0 Å². The lowest BCUT2D eigenvalue weighted by atomic mass is 10.4. The van der Waals surface area contributed by atoms with Crippen LogP contribution in [0.3, 0.4) is 0 Å². The van der Waals surface area contributed by atoms with Crippen LogP contribution in [0.1, 0.15) is 6.92 Å². The van der Waals surface area contributed by atoms with E-state index in [9.17, 15) is 0 Å². The molecule has 3 nitrogen and oxygen atoms in total. The van der Waals surface area contributed by atoms with Crippen molar-refractivity contribution in [2.75, 3.05) is 26.2 Å². The van der Waals surface area contributed by atoms with E-state index in [0.29, 0.717) is 6.54 Å². The second-order valence-corrected chi connectivity index (χ2v) is 2.45. The normalized spacial score (nSPS) is 18.0. The molecule has 1 rings (SSSR count). The smallest absolute Gasteiger partial charge is 0.123 e. The lowest BCUT2D eigenvalue weighted by Gasteiger charge is -2.15. The van der Waals surface area contributed by atoms with Crippen molar-refractivity contribution in [1.29, 1.82) is 0 Å². The topological polar surface area (TPSA) is 35.8 Å². The lowest BCUT2D eigenvalue weighted by Crippen LogP contribution is -2.29. The summed E-state index contributed by atoms with van der Waals surface area (Å²) in [4.78, 5) is 6.35. The van der Waals surface area contributed by atoms with Crippen LogP contribution in [0.5, 0.6) is 0 Å². The molecule has 0 unspecified atom stereocenters. The van der Waals surface area contributed by atoms with Gasteiger partial charge in [0.05, 0.1) is 13.2 Å². The van der Waals surface area contributed by atoms with Gasteiger partial charge in [-0.3, -0.25) is 4.99 Å². The minimum absolute atomic E-state index is 0.205. The summed E-state index contributed by atoms with van der Waals surface area (Å²) in [5.41, 5.74) is 0. The van der Waals surface area contributed by atoms with E-state index in [-0.39, 0.29) is 6.61 Å². The number of hydrogen-bond donors (Lipinski definition) is 1. The molecule has 1 heterocycles. The number of amidine groups is 1. The Balaban J connectivity index is 2.48. The third kappa shape index (κ3) is 2.05. The van der Waals surface area contributed by atoms with Gasteiger partial charge in [-0.05, 0) is 13.0 Å². The van der Waals surface area contributed by atoms with E-state index in [0.717, 1.165) is 18.9 Å². The Hall–Kier alpha value is -0.830. The van der Waals surface area contributed by atoms with Crippen molar-refractivity contribution in [1.82, 2.24) is 4.90 Å².